The van der Waals surface area contributed by atoms with Crippen molar-refractivity contribution >= 4 is 40.6 Å². The summed E-state index contributed by atoms with van der Waals surface area (Å²) in [6.45, 7) is -0.702. The van der Waals surface area contributed by atoms with Gasteiger partial charge in [0.05, 0.1) is 26.9 Å². The van der Waals surface area contributed by atoms with Gasteiger partial charge in [0.15, 0.2) is 11.2 Å². The number of phosphoric acid groups is 3. The Kier molecular flexibility index (Phi) is 15.4. The Labute approximate surface area is 239 Å². The second kappa shape index (κ2) is 14.2. The third kappa shape index (κ3) is 10.3. The number of nitrogens with zero attached hydrogens (tertiary/aromatic N) is 3. The minimum Gasteiger partial charge on any atom is -0.790 e. The minimum absolute atomic E-state index is 0. The predicted molar refractivity (Wildman–Crippen MR) is 86.6 cm³/mol. The number of nitrogen functional groups attached to an aromatic ring is 1. The van der Waals surface area contributed by atoms with Crippen LogP contribution in [0, 0.1) is 0 Å². The van der Waals surface area contributed by atoms with Crippen LogP contribution in [0.1, 0.15) is 19.1 Å². The van der Waals surface area contributed by atoms with Crippen LogP contribution in [0.3, 0.4) is 0 Å². The Balaban J connectivity index is 0. The molecule has 1 aliphatic heterocycles. The first-order chi connectivity index (χ1) is 13.7. The first-order valence-electron chi connectivity index (χ1n) is 7.84. The van der Waals surface area contributed by atoms with Gasteiger partial charge in [-0.2, -0.15) is 4.98 Å². The molecule has 4 atom stereocenters. The van der Waals surface area contributed by atoms with Gasteiger partial charge >= 0.3 is 75.4 Å². The summed E-state index contributed by atoms with van der Waals surface area (Å²) in [6, 6.07) is 0. The van der Waals surface area contributed by atoms with Crippen molar-refractivity contribution < 1.29 is 127 Å². The Morgan fingerprint density at radius 2 is 1.71 bits per heavy atom. The molecule has 3 N–H and O–H groups in total. The molecule has 1 saturated heterocycles. The minimum atomic E-state index is -6.07. The number of aromatic nitrogens is 4. The first-order valence-corrected chi connectivity index (χ1v) is 12.2. The molecule has 3 rings (SSSR count). The normalized spacial score (nSPS) is 21.2. The molecular formula is C10H12Li4N5O12P3. The summed E-state index contributed by atoms with van der Waals surface area (Å²) in [4.78, 5) is 65.2. The quantitative estimate of drug-likeness (QED) is 0.244. The van der Waals surface area contributed by atoms with E-state index < -0.39 is 48.0 Å². The molecule has 2 aromatic rings. The third-order valence-electron chi connectivity index (χ3n) is 3.66. The molecule has 34 heavy (non-hydrogen) atoms. The fourth-order valence-electron chi connectivity index (χ4n) is 2.63. The maximum Gasteiger partial charge on any atom is 1.00 e. The van der Waals surface area contributed by atoms with Gasteiger partial charge in [-0.25, -0.2) is 9.29 Å². The summed E-state index contributed by atoms with van der Waals surface area (Å²) in [5.41, 5.74) is 5.07. The van der Waals surface area contributed by atoms with Gasteiger partial charge in [0, 0.05) is 0 Å². The van der Waals surface area contributed by atoms with Crippen molar-refractivity contribution in [2.45, 2.75) is 25.2 Å². The molecule has 0 radical (unpaired) electrons. The number of anilines is 1. The standard InChI is InChI=1S/C10H16N5O12P3.4Li/c11-10-13-8-7(9(16)14-10)12-4-15(8)6-2-1-5(25-6)3-24-29(20,21)27-30(22,23)26-28(17,18)19;;;;/h4-6H,1-3H2,(H,20,21)(H,22,23)(H2,17,18,19)(H3,11,13,14,16);;;;/q;4*+1/p-4. The van der Waals surface area contributed by atoms with Crippen LogP contribution in [-0.4, -0.2) is 32.2 Å². The molecule has 0 saturated carbocycles. The fourth-order valence-corrected chi connectivity index (χ4v) is 5.51. The van der Waals surface area contributed by atoms with E-state index in [1.807, 2.05) is 0 Å². The molecule has 0 aliphatic carbocycles. The smallest absolute Gasteiger partial charge is 0.790 e. The zero-order valence-electron chi connectivity index (χ0n) is 18.5. The second-order valence-electron chi connectivity index (χ2n) is 5.87. The molecular weight excluding hydrogens is 503 g/mol. The Morgan fingerprint density at radius 1 is 1.09 bits per heavy atom. The molecule has 2 aromatic heterocycles. The van der Waals surface area contributed by atoms with E-state index in [4.69, 9.17) is 10.5 Å². The molecule has 3 heterocycles. The summed E-state index contributed by atoms with van der Waals surface area (Å²) in [5.74, 6) is -0.151. The van der Waals surface area contributed by atoms with E-state index in [0.29, 0.717) is 6.42 Å². The van der Waals surface area contributed by atoms with E-state index in [1.165, 1.54) is 10.9 Å². The van der Waals surface area contributed by atoms with Gasteiger partial charge in [-0.05, 0) is 12.8 Å². The van der Waals surface area contributed by atoms with Crippen LogP contribution in [-0.2, 0) is 31.6 Å². The summed E-state index contributed by atoms with van der Waals surface area (Å²) in [6.07, 6.45) is 0.248. The van der Waals surface area contributed by atoms with Crippen LogP contribution in [0.5, 0.6) is 0 Å². The molecule has 168 valence electrons. The van der Waals surface area contributed by atoms with Crippen molar-refractivity contribution in [1.29, 1.82) is 0 Å². The van der Waals surface area contributed by atoms with Gasteiger partial charge in [-0.3, -0.25) is 27.8 Å². The van der Waals surface area contributed by atoms with Crippen LogP contribution in [0.4, 0.5) is 5.95 Å². The van der Waals surface area contributed by atoms with Crippen LogP contribution in [0.2, 0.25) is 0 Å². The van der Waals surface area contributed by atoms with Gasteiger partial charge in [-0.1, -0.05) is 0 Å². The fraction of sp³-hybridized carbons (Fsp3) is 0.500. The molecule has 0 bridgehead atoms. The summed E-state index contributed by atoms with van der Waals surface area (Å²) < 4.78 is 50.8. The monoisotopic (exact) mass is 515 g/mol. The van der Waals surface area contributed by atoms with Crippen molar-refractivity contribution in [1.82, 2.24) is 19.5 Å². The molecule has 0 amide bonds. The van der Waals surface area contributed by atoms with Crippen molar-refractivity contribution in [3.05, 3.63) is 16.7 Å². The number of nitrogens with two attached hydrogens (primary N) is 1. The maximum atomic E-state index is 11.8. The van der Waals surface area contributed by atoms with E-state index in [9.17, 15) is 38.1 Å². The van der Waals surface area contributed by atoms with Crippen LogP contribution >= 0.6 is 23.5 Å². The number of aromatic amines is 1. The van der Waals surface area contributed by atoms with Crippen LogP contribution in [0.25, 0.3) is 11.2 Å². The number of nitrogens with one attached hydrogen (secondary N) is 1. The SMILES string of the molecule is Nc1nc2c(ncn2C2CCC(COP(=O)([O-])OP(=O)([O-])OP(=O)([O-])[O-])O2)c(=O)[nH]1.[Li+].[Li+].[Li+].[Li+]. The molecule has 1 aliphatic rings. The van der Waals surface area contributed by atoms with E-state index in [2.05, 4.69) is 28.1 Å². The van der Waals surface area contributed by atoms with Gasteiger partial charge in [0.2, 0.25) is 5.95 Å². The number of phosphoric ester groups is 1. The zero-order valence-corrected chi connectivity index (χ0v) is 21.2. The number of hydrogen-bond acceptors (Lipinski definition) is 15. The maximum absolute atomic E-state index is 11.8. The molecule has 4 unspecified atom stereocenters. The summed E-state index contributed by atoms with van der Waals surface area (Å²) >= 11 is 0. The molecule has 0 spiro atoms. The third-order valence-corrected chi connectivity index (χ3v) is 7.33. The average Bonchev–Trinajstić information content (AvgIpc) is 3.15. The largest absolute Gasteiger partial charge is 1.00 e. The number of fused-ring (bicyclic) bond motifs is 1. The van der Waals surface area contributed by atoms with E-state index in [0.717, 1.165) is 0 Å². The summed E-state index contributed by atoms with van der Waals surface area (Å²) in [5, 5.41) is 0. The molecule has 24 heteroatoms. The Morgan fingerprint density at radius 3 is 2.29 bits per heavy atom. The van der Waals surface area contributed by atoms with Crippen LogP contribution < -0.4 is 106 Å². The number of ether oxygens (including phenoxy) is 1. The van der Waals surface area contributed by atoms with Crippen LogP contribution in [0.15, 0.2) is 11.1 Å². The van der Waals surface area contributed by atoms with Crippen molar-refractivity contribution in [2.75, 3.05) is 12.3 Å². The second-order valence-corrected chi connectivity index (χ2v) is 10.1. The number of rotatable bonds is 8. The number of hydrogen-bond donors (Lipinski definition) is 2. The van der Waals surface area contributed by atoms with Gasteiger partial charge in [-0.15, -0.1) is 0 Å². The number of imidazole rings is 1. The van der Waals surface area contributed by atoms with Crippen molar-refractivity contribution in [3.8, 4) is 0 Å². The average molecular weight is 515 g/mol. The Bertz CT molecular complexity index is 1160. The van der Waals surface area contributed by atoms with Gasteiger partial charge in [0.1, 0.15) is 6.23 Å². The first kappa shape index (κ1) is 37.1. The predicted octanol–water partition coefficient (Wildman–Crippen LogP) is -14.8. The topological polar surface area (TPSA) is 270 Å². The van der Waals surface area contributed by atoms with Gasteiger partial charge in [0.25, 0.3) is 21.2 Å². The Hall–Kier alpha value is 0.910. The van der Waals surface area contributed by atoms with Crippen molar-refractivity contribution in [3.63, 3.8) is 0 Å². The van der Waals surface area contributed by atoms with E-state index >= 15 is 0 Å². The summed E-state index contributed by atoms with van der Waals surface area (Å²) in [7, 11) is -17.7. The van der Waals surface area contributed by atoms with E-state index in [-0.39, 0.29) is 99.0 Å². The van der Waals surface area contributed by atoms with Gasteiger partial charge < -0.3 is 39.1 Å². The zero-order chi connectivity index (χ0) is 22.3. The van der Waals surface area contributed by atoms with Crippen molar-refractivity contribution in [2.24, 2.45) is 0 Å². The number of H-pyrrole nitrogens is 1. The molecule has 1 fully saturated rings. The van der Waals surface area contributed by atoms with E-state index in [1.54, 1.807) is 0 Å². The molecule has 0 aromatic carbocycles. The molecule has 17 nitrogen and oxygen atoms in total.